The Morgan fingerprint density at radius 2 is 1.95 bits per heavy atom. The predicted molar refractivity (Wildman–Crippen MR) is 85.0 cm³/mol. The molecular formula is C13H8Br2ClNO3. The Morgan fingerprint density at radius 1 is 1.20 bits per heavy atom. The number of hydrogen-bond donors (Lipinski definition) is 0. The van der Waals surface area contributed by atoms with Gasteiger partial charge in [-0.15, -0.1) is 0 Å². The van der Waals surface area contributed by atoms with Crippen LogP contribution in [0, 0.1) is 10.1 Å². The van der Waals surface area contributed by atoms with E-state index in [-0.39, 0.29) is 5.69 Å². The van der Waals surface area contributed by atoms with Crippen molar-refractivity contribution in [3.63, 3.8) is 0 Å². The molecule has 0 spiro atoms. The van der Waals surface area contributed by atoms with Crippen molar-refractivity contribution in [1.82, 2.24) is 0 Å². The van der Waals surface area contributed by atoms with Crippen LogP contribution in [0.3, 0.4) is 0 Å². The maximum absolute atomic E-state index is 10.8. The van der Waals surface area contributed by atoms with E-state index in [1.54, 1.807) is 24.3 Å². The normalized spacial score (nSPS) is 10.3. The van der Waals surface area contributed by atoms with Crippen molar-refractivity contribution < 1.29 is 9.66 Å². The second-order valence-corrected chi connectivity index (χ2v) is 5.74. The molecular weight excluding hydrogens is 413 g/mol. The fourth-order valence-electron chi connectivity index (χ4n) is 1.56. The molecule has 0 aromatic heterocycles. The highest BCUT2D eigenvalue weighted by Crippen LogP contribution is 2.35. The minimum atomic E-state index is -0.442. The molecule has 4 nitrogen and oxygen atoms in total. The van der Waals surface area contributed by atoms with Gasteiger partial charge in [0.2, 0.25) is 0 Å². The van der Waals surface area contributed by atoms with Crippen LogP contribution >= 0.6 is 43.5 Å². The Kier molecular flexibility index (Phi) is 5.01. The Labute approximate surface area is 137 Å². The molecule has 0 radical (unpaired) electrons. The first-order chi connectivity index (χ1) is 9.51. The van der Waals surface area contributed by atoms with E-state index < -0.39 is 4.92 Å². The molecule has 0 unspecified atom stereocenters. The van der Waals surface area contributed by atoms with E-state index in [2.05, 4.69) is 31.9 Å². The van der Waals surface area contributed by atoms with E-state index in [1.807, 2.05) is 0 Å². The molecule has 2 rings (SSSR count). The molecule has 0 N–H and O–H groups in total. The van der Waals surface area contributed by atoms with Gasteiger partial charge in [-0.3, -0.25) is 10.1 Å². The largest absolute Gasteiger partial charge is 0.455 e. The maximum Gasteiger partial charge on any atom is 0.270 e. The first kappa shape index (κ1) is 15.3. The van der Waals surface area contributed by atoms with E-state index in [4.69, 9.17) is 16.3 Å². The minimum Gasteiger partial charge on any atom is -0.455 e. The SMILES string of the molecule is O=[N+]([O-])c1ccc(Oc2cc(Br)ccc2Cl)c(CBr)c1. The molecule has 0 fully saturated rings. The summed E-state index contributed by atoms with van der Waals surface area (Å²) in [6.45, 7) is 0. The summed E-state index contributed by atoms with van der Waals surface area (Å²) in [5, 5.41) is 11.7. The number of non-ortho nitro benzene ring substituents is 1. The average molecular weight is 421 g/mol. The molecule has 0 saturated heterocycles. The molecule has 2 aromatic rings. The van der Waals surface area contributed by atoms with Gasteiger partial charge in [-0.25, -0.2) is 0 Å². The summed E-state index contributed by atoms with van der Waals surface area (Å²) >= 11 is 12.7. The van der Waals surface area contributed by atoms with Crippen LogP contribution in [0.2, 0.25) is 5.02 Å². The van der Waals surface area contributed by atoms with Gasteiger partial charge < -0.3 is 4.74 Å². The lowest BCUT2D eigenvalue weighted by Crippen LogP contribution is -1.94. The highest BCUT2D eigenvalue weighted by molar-refractivity contribution is 9.10. The van der Waals surface area contributed by atoms with Crippen molar-refractivity contribution in [3.05, 3.63) is 61.6 Å². The molecule has 0 aliphatic rings. The third kappa shape index (κ3) is 3.50. The second-order valence-electron chi connectivity index (χ2n) is 3.86. The lowest BCUT2D eigenvalue weighted by atomic mass is 10.2. The van der Waals surface area contributed by atoms with E-state index in [0.717, 1.165) is 4.47 Å². The lowest BCUT2D eigenvalue weighted by molar-refractivity contribution is -0.384. The monoisotopic (exact) mass is 419 g/mol. The van der Waals surface area contributed by atoms with Gasteiger partial charge in [0, 0.05) is 27.5 Å². The molecule has 0 bridgehead atoms. The Morgan fingerprint density at radius 3 is 2.60 bits per heavy atom. The van der Waals surface area contributed by atoms with Crippen LogP contribution in [0.5, 0.6) is 11.5 Å². The van der Waals surface area contributed by atoms with Crippen LogP contribution in [-0.2, 0) is 5.33 Å². The van der Waals surface area contributed by atoms with Gasteiger partial charge in [-0.2, -0.15) is 0 Å². The number of ether oxygens (including phenoxy) is 1. The molecule has 0 aliphatic carbocycles. The van der Waals surface area contributed by atoms with Crippen molar-refractivity contribution in [1.29, 1.82) is 0 Å². The van der Waals surface area contributed by atoms with Gasteiger partial charge in [0.25, 0.3) is 5.69 Å². The van der Waals surface area contributed by atoms with E-state index in [9.17, 15) is 10.1 Å². The second kappa shape index (κ2) is 6.56. The van der Waals surface area contributed by atoms with E-state index >= 15 is 0 Å². The third-order valence-corrected chi connectivity index (χ3v) is 3.92. The van der Waals surface area contributed by atoms with Crippen molar-refractivity contribution in [2.75, 3.05) is 0 Å². The van der Waals surface area contributed by atoms with Gasteiger partial charge in [0.15, 0.2) is 0 Å². The summed E-state index contributed by atoms with van der Waals surface area (Å²) in [6, 6.07) is 9.67. The van der Waals surface area contributed by atoms with Crippen LogP contribution in [0.4, 0.5) is 5.69 Å². The summed E-state index contributed by atoms with van der Waals surface area (Å²) < 4.78 is 6.56. The van der Waals surface area contributed by atoms with Crippen LogP contribution < -0.4 is 4.74 Å². The molecule has 0 atom stereocenters. The van der Waals surface area contributed by atoms with Crippen LogP contribution in [-0.4, -0.2) is 4.92 Å². The standard InChI is InChI=1S/C13H8Br2ClNO3/c14-7-8-5-10(17(18)19)2-4-12(8)20-13-6-9(15)1-3-11(13)16/h1-6H,7H2. The quantitative estimate of drug-likeness (QED) is 0.362. The Balaban J connectivity index is 2.38. The number of nitro benzene ring substituents is 1. The van der Waals surface area contributed by atoms with Crippen LogP contribution in [0.15, 0.2) is 40.9 Å². The highest BCUT2D eigenvalue weighted by atomic mass is 79.9. The smallest absolute Gasteiger partial charge is 0.270 e. The minimum absolute atomic E-state index is 0.0205. The number of alkyl halides is 1. The zero-order valence-corrected chi connectivity index (χ0v) is 13.9. The fourth-order valence-corrected chi connectivity index (χ4v) is 2.49. The van der Waals surface area contributed by atoms with Gasteiger partial charge in [0.1, 0.15) is 11.5 Å². The maximum atomic E-state index is 10.8. The predicted octanol–water partition coefficient (Wildman–Crippen LogP) is 5.70. The molecule has 104 valence electrons. The number of halogens is 3. The van der Waals surface area contributed by atoms with Crippen molar-refractivity contribution in [3.8, 4) is 11.5 Å². The van der Waals surface area contributed by atoms with Crippen molar-refractivity contribution in [2.45, 2.75) is 5.33 Å². The fraction of sp³-hybridized carbons (Fsp3) is 0.0769. The summed E-state index contributed by atoms with van der Waals surface area (Å²) in [4.78, 5) is 10.3. The molecule has 20 heavy (non-hydrogen) atoms. The molecule has 2 aromatic carbocycles. The molecule has 0 aliphatic heterocycles. The topological polar surface area (TPSA) is 52.4 Å². The Hall–Kier alpha value is -1.11. The molecule has 0 saturated carbocycles. The number of hydrogen-bond acceptors (Lipinski definition) is 3. The summed E-state index contributed by atoms with van der Waals surface area (Å²) in [7, 11) is 0. The number of benzene rings is 2. The van der Waals surface area contributed by atoms with Gasteiger partial charge in [-0.1, -0.05) is 43.5 Å². The van der Waals surface area contributed by atoms with Crippen molar-refractivity contribution >= 4 is 49.1 Å². The molecule has 7 heteroatoms. The first-order valence-electron chi connectivity index (χ1n) is 5.47. The zero-order chi connectivity index (χ0) is 14.7. The van der Waals surface area contributed by atoms with Gasteiger partial charge >= 0.3 is 0 Å². The number of nitrogens with zero attached hydrogens (tertiary/aromatic N) is 1. The summed E-state index contributed by atoms with van der Waals surface area (Å²) in [6.07, 6.45) is 0. The number of nitro groups is 1. The van der Waals surface area contributed by atoms with Crippen LogP contribution in [0.25, 0.3) is 0 Å². The van der Waals surface area contributed by atoms with Crippen molar-refractivity contribution in [2.24, 2.45) is 0 Å². The summed E-state index contributed by atoms with van der Waals surface area (Å²) in [5.41, 5.74) is 0.697. The van der Waals surface area contributed by atoms with Crippen LogP contribution in [0.1, 0.15) is 5.56 Å². The lowest BCUT2D eigenvalue weighted by Gasteiger charge is -2.11. The van der Waals surface area contributed by atoms with Gasteiger partial charge in [-0.05, 0) is 24.3 Å². The van der Waals surface area contributed by atoms with Gasteiger partial charge in [0.05, 0.1) is 9.95 Å². The zero-order valence-electron chi connectivity index (χ0n) is 9.98. The average Bonchev–Trinajstić information content (AvgIpc) is 2.43. The van der Waals surface area contributed by atoms with E-state index in [0.29, 0.717) is 27.4 Å². The van der Waals surface area contributed by atoms with E-state index in [1.165, 1.54) is 12.1 Å². The number of rotatable bonds is 4. The Bertz CT molecular complexity index is 664. The molecule has 0 heterocycles. The highest BCUT2D eigenvalue weighted by Gasteiger charge is 2.13. The first-order valence-corrected chi connectivity index (χ1v) is 7.76. The molecule has 0 amide bonds. The summed E-state index contributed by atoms with van der Waals surface area (Å²) in [5.74, 6) is 1.00. The third-order valence-electron chi connectivity index (χ3n) is 2.51.